The zero-order valence-corrected chi connectivity index (χ0v) is 17.5. The first-order valence-electron chi connectivity index (χ1n) is 9.98. The van der Waals surface area contributed by atoms with E-state index in [1.54, 1.807) is 29.2 Å². The number of carbonyl (C=O) groups excluding carboxylic acids is 2. The van der Waals surface area contributed by atoms with Gasteiger partial charge in [-0.05, 0) is 49.7 Å². The van der Waals surface area contributed by atoms with Crippen LogP contribution in [-0.4, -0.2) is 52.9 Å². The number of anilines is 1. The van der Waals surface area contributed by atoms with Crippen LogP contribution in [-0.2, 0) is 0 Å². The first-order valence-corrected chi connectivity index (χ1v) is 10.4. The van der Waals surface area contributed by atoms with E-state index in [0.29, 0.717) is 42.5 Å². The molecule has 0 radical (unpaired) electrons. The maximum Gasteiger partial charge on any atom is 0.321 e. The van der Waals surface area contributed by atoms with Gasteiger partial charge in [-0.15, -0.1) is 0 Å². The van der Waals surface area contributed by atoms with Gasteiger partial charge in [-0.1, -0.05) is 29.8 Å². The highest BCUT2D eigenvalue weighted by Gasteiger charge is 2.24. The lowest BCUT2D eigenvalue weighted by molar-refractivity contribution is 0.0761. The summed E-state index contributed by atoms with van der Waals surface area (Å²) >= 11 is 5.89. The Morgan fingerprint density at radius 3 is 2.47 bits per heavy atom. The van der Waals surface area contributed by atoms with Crippen molar-refractivity contribution in [3.05, 3.63) is 70.9 Å². The van der Waals surface area contributed by atoms with Gasteiger partial charge < -0.3 is 15.1 Å². The Morgan fingerprint density at radius 1 is 0.967 bits per heavy atom. The highest BCUT2D eigenvalue weighted by atomic mass is 35.5. The standard InChI is InChI=1S/C23H23ClN4O2/c1-16-20(15-17-5-2-3-6-21(17)25-16)22(29)27-11-4-12-28(14-13-27)23(30)26-19-9-7-18(24)8-10-19/h2-3,5-10,15H,4,11-14H2,1H3,(H,26,30). The summed E-state index contributed by atoms with van der Waals surface area (Å²) in [5, 5.41) is 4.46. The summed E-state index contributed by atoms with van der Waals surface area (Å²) in [7, 11) is 0. The fourth-order valence-corrected chi connectivity index (χ4v) is 3.78. The summed E-state index contributed by atoms with van der Waals surface area (Å²) in [6, 6.07) is 16.5. The van der Waals surface area contributed by atoms with E-state index < -0.39 is 0 Å². The molecule has 1 fully saturated rings. The minimum Gasteiger partial charge on any atom is -0.337 e. The molecule has 0 bridgehead atoms. The van der Waals surface area contributed by atoms with Gasteiger partial charge in [-0.2, -0.15) is 0 Å². The van der Waals surface area contributed by atoms with Gasteiger partial charge in [0, 0.05) is 42.3 Å². The molecule has 3 amide bonds. The molecule has 3 aromatic rings. The maximum absolute atomic E-state index is 13.2. The van der Waals surface area contributed by atoms with Crippen LogP contribution < -0.4 is 5.32 Å². The van der Waals surface area contributed by atoms with Gasteiger partial charge in [-0.25, -0.2) is 4.79 Å². The Bertz CT molecular complexity index is 1080. The van der Waals surface area contributed by atoms with Crippen LogP contribution in [0.3, 0.4) is 0 Å². The molecule has 1 aliphatic heterocycles. The third kappa shape index (κ3) is 4.39. The Labute approximate surface area is 180 Å². The van der Waals surface area contributed by atoms with Crippen molar-refractivity contribution in [3.63, 3.8) is 0 Å². The number of hydrogen-bond acceptors (Lipinski definition) is 3. The second-order valence-electron chi connectivity index (χ2n) is 7.38. The van der Waals surface area contributed by atoms with Crippen LogP contribution in [0.5, 0.6) is 0 Å². The molecule has 2 heterocycles. The summed E-state index contributed by atoms with van der Waals surface area (Å²) in [5.41, 5.74) is 2.92. The predicted octanol–water partition coefficient (Wildman–Crippen LogP) is 4.58. The van der Waals surface area contributed by atoms with Crippen LogP contribution in [0.25, 0.3) is 10.9 Å². The van der Waals surface area contributed by atoms with Crippen molar-refractivity contribution < 1.29 is 9.59 Å². The summed E-state index contributed by atoms with van der Waals surface area (Å²) in [6.07, 6.45) is 0.722. The molecular weight excluding hydrogens is 400 g/mol. The number of benzene rings is 2. The fourth-order valence-electron chi connectivity index (χ4n) is 3.66. The summed E-state index contributed by atoms with van der Waals surface area (Å²) in [6.45, 7) is 4.03. The average molecular weight is 423 g/mol. The zero-order valence-electron chi connectivity index (χ0n) is 16.8. The van der Waals surface area contributed by atoms with Crippen LogP contribution in [0.2, 0.25) is 5.02 Å². The van der Waals surface area contributed by atoms with Gasteiger partial charge in [-0.3, -0.25) is 9.78 Å². The van der Waals surface area contributed by atoms with E-state index in [1.807, 2.05) is 42.2 Å². The van der Waals surface area contributed by atoms with Gasteiger partial charge in [0.05, 0.1) is 16.8 Å². The van der Waals surface area contributed by atoms with Crippen LogP contribution in [0.4, 0.5) is 10.5 Å². The quantitative estimate of drug-likeness (QED) is 0.657. The number of hydrogen-bond donors (Lipinski definition) is 1. The molecule has 4 rings (SSSR count). The van der Waals surface area contributed by atoms with Crippen LogP contribution >= 0.6 is 11.6 Å². The molecular formula is C23H23ClN4O2. The number of fused-ring (bicyclic) bond motifs is 1. The van der Waals surface area contributed by atoms with Crippen molar-refractivity contribution in [2.75, 3.05) is 31.5 Å². The summed E-state index contributed by atoms with van der Waals surface area (Å²) in [5.74, 6) is -0.0364. The van der Waals surface area contributed by atoms with E-state index >= 15 is 0 Å². The number of rotatable bonds is 2. The monoisotopic (exact) mass is 422 g/mol. The highest BCUT2D eigenvalue weighted by molar-refractivity contribution is 6.30. The van der Waals surface area contributed by atoms with Crippen molar-refractivity contribution >= 4 is 40.1 Å². The van der Waals surface area contributed by atoms with E-state index in [0.717, 1.165) is 23.0 Å². The molecule has 0 atom stereocenters. The molecule has 2 aromatic carbocycles. The maximum atomic E-state index is 13.2. The van der Waals surface area contributed by atoms with Gasteiger partial charge in [0.15, 0.2) is 0 Å². The normalized spacial score (nSPS) is 14.5. The van der Waals surface area contributed by atoms with E-state index in [1.165, 1.54) is 0 Å². The van der Waals surface area contributed by atoms with Gasteiger partial charge >= 0.3 is 6.03 Å². The molecule has 1 aliphatic rings. The smallest absolute Gasteiger partial charge is 0.321 e. The molecule has 7 heteroatoms. The number of urea groups is 1. The number of aryl methyl sites for hydroxylation is 1. The van der Waals surface area contributed by atoms with Gasteiger partial charge in [0.1, 0.15) is 0 Å². The zero-order chi connectivity index (χ0) is 21.1. The number of aromatic nitrogens is 1. The SMILES string of the molecule is Cc1nc2ccccc2cc1C(=O)N1CCCN(C(=O)Nc2ccc(Cl)cc2)CC1. The summed E-state index contributed by atoms with van der Waals surface area (Å²) < 4.78 is 0. The number of pyridine rings is 1. The first kappa shape index (κ1) is 20.2. The number of nitrogens with one attached hydrogen (secondary N) is 1. The second kappa shape index (κ2) is 8.71. The Balaban J connectivity index is 1.43. The first-order chi connectivity index (χ1) is 14.5. The largest absolute Gasteiger partial charge is 0.337 e. The molecule has 1 saturated heterocycles. The summed E-state index contributed by atoms with van der Waals surface area (Å²) in [4.78, 5) is 33.9. The lowest BCUT2D eigenvalue weighted by Gasteiger charge is -2.23. The number of nitrogens with zero attached hydrogens (tertiary/aromatic N) is 3. The second-order valence-corrected chi connectivity index (χ2v) is 7.82. The van der Waals surface area contributed by atoms with E-state index in [4.69, 9.17) is 11.6 Å². The van der Waals surface area contributed by atoms with Crippen molar-refractivity contribution in [3.8, 4) is 0 Å². The molecule has 1 N–H and O–H groups in total. The van der Waals surface area contributed by atoms with E-state index in [9.17, 15) is 9.59 Å². The van der Waals surface area contributed by atoms with Crippen molar-refractivity contribution in [2.24, 2.45) is 0 Å². The predicted molar refractivity (Wildman–Crippen MR) is 119 cm³/mol. The molecule has 0 saturated carbocycles. The van der Waals surface area contributed by atoms with Crippen molar-refractivity contribution in [2.45, 2.75) is 13.3 Å². The Kier molecular flexibility index (Phi) is 5.86. The molecule has 0 spiro atoms. The lowest BCUT2D eigenvalue weighted by atomic mass is 10.1. The molecule has 154 valence electrons. The van der Waals surface area contributed by atoms with Crippen molar-refractivity contribution in [1.29, 1.82) is 0 Å². The van der Waals surface area contributed by atoms with Crippen LogP contribution in [0.15, 0.2) is 54.6 Å². The highest BCUT2D eigenvalue weighted by Crippen LogP contribution is 2.19. The van der Waals surface area contributed by atoms with Crippen molar-refractivity contribution in [1.82, 2.24) is 14.8 Å². The van der Waals surface area contributed by atoms with Crippen LogP contribution in [0, 0.1) is 6.92 Å². The minimum atomic E-state index is -0.171. The topological polar surface area (TPSA) is 65.5 Å². The molecule has 0 aliphatic carbocycles. The lowest BCUT2D eigenvalue weighted by Crippen LogP contribution is -2.39. The third-order valence-electron chi connectivity index (χ3n) is 5.31. The molecule has 6 nitrogen and oxygen atoms in total. The Hall–Kier alpha value is -3.12. The van der Waals surface area contributed by atoms with E-state index in [-0.39, 0.29) is 11.9 Å². The number of para-hydroxylation sites is 1. The number of carbonyl (C=O) groups is 2. The molecule has 30 heavy (non-hydrogen) atoms. The fraction of sp³-hybridized carbons (Fsp3) is 0.261. The Morgan fingerprint density at radius 2 is 1.67 bits per heavy atom. The van der Waals surface area contributed by atoms with Gasteiger partial charge in [0.2, 0.25) is 0 Å². The minimum absolute atomic E-state index is 0.0364. The number of halogens is 1. The third-order valence-corrected chi connectivity index (χ3v) is 5.56. The average Bonchev–Trinajstić information content (AvgIpc) is 3.01. The molecule has 0 unspecified atom stereocenters. The van der Waals surface area contributed by atoms with Crippen LogP contribution in [0.1, 0.15) is 22.5 Å². The van der Waals surface area contributed by atoms with E-state index in [2.05, 4.69) is 10.3 Å². The molecule has 1 aromatic heterocycles. The number of amides is 3. The van der Waals surface area contributed by atoms with Gasteiger partial charge in [0.25, 0.3) is 5.91 Å².